The van der Waals surface area contributed by atoms with E-state index in [9.17, 15) is 4.39 Å². The zero-order valence-electron chi connectivity index (χ0n) is 11.8. The first kappa shape index (κ1) is 14.1. The van der Waals surface area contributed by atoms with Crippen LogP contribution in [0.4, 0.5) is 10.1 Å². The topological polar surface area (TPSA) is 53.6 Å². The highest BCUT2D eigenvalue weighted by Crippen LogP contribution is 2.21. The molecule has 4 nitrogen and oxygen atoms in total. The zero-order valence-corrected chi connectivity index (χ0v) is 11.8. The minimum absolute atomic E-state index is 0.313. The largest absolute Gasteiger partial charge is 0.379 e. The van der Waals surface area contributed by atoms with E-state index in [1.165, 1.54) is 6.07 Å². The first-order valence-electron chi connectivity index (χ1n) is 6.47. The van der Waals surface area contributed by atoms with Gasteiger partial charge >= 0.3 is 0 Å². The Balaban J connectivity index is 2.21. The van der Waals surface area contributed by atoms with Gasteiger partial charge in [-0.3, -0.25) is 0 Å². The van der Waals surface area contributed by atoms with E-state index < -0.39 is 0 Å². The number of hydrogen-bond donors (Lipinski definition) is 1. The van der Waals surface area contributed by atoms with Crippen LogP contribution in [-0.2, 0) is 6.54 Å². The Hall–Kier alpha value is -2.35. The first-order chi connectivity index (χ1) is 9.52. The molecule has 1 N–H and O–H groups in total. The van der Waals surface area contributed by atoms with Crippen LogP contribution in [0.3, 0.4) is 0 Å². The molecule has 0 unspecified atom stereocenters. The second-order valence-electron chi connectivity index (χ2n) is 4.98. The number of nitriles is 1. The highest BCUT2D eigenvalue weighted by atomic mass is 19.1. The smallest absolute Gasteiger partial charge is 0.129 e. The molecular weight excluding hydrogens is 255 g/mol. The fraction of sp³-hybridized carbons (Fsp3) is 0.333. The predicted octanol–water partition coefficient (Wildman–Crippen LogP) is 3.40. The van der Waals surface area contributed by atoms with E-state index in [0.29, 0.717) is 29.4 Å². The summed E-state index contributed by atoms with van der Waals surface area (Å²) in [5.74, 6) is -0.371. The molecule has 0 aliphatic heterocycles. The summed E-state index contributed by atoms with van der Waals surface area (Å²) in [6.45, 7) is 6.38. The molecule has 1 aromatic heterocycles. The summed E-state index contributed by atoms with van der Waals surface area (Å²) in [5, 5.41) is 12.1. The van der Waals surface area contributed by atoms with Crippen molar-refractivity contribution in [3.63, 3.8) is 0 Å². The third-order valence-electron chi connectivity index (χ3n) is 3.24. The summed E-state index contributed by atoms with van der Waals surface area (Å²) in [6, 6.07) is 5.19. The van der Waals surface area contributed by atoms with Crippen molar-refractivity contribution >= 4 is 5.69 Å². The highest BCUT2D eigenvalue weighted by Gasteiger charge is 2.09. The number of nitrogens with one attached hydrogen (secondary N) is 1. The summed E-state index contributed by atoms with van der Waals surface area (Å²) in [5.41, 5.74) is 2.48. The summed E-state index contributed by atoms with van der Waals surface area (Å²) in [4.78, 5) is 4.13. The van der Waals surface area contributed by atoms with E-state index in [2.05, 4.69) is 24.1 Å². The lowest BCUT2D eigenvalue weighted by molar-refractivity contribution is 0.577. The van der Waals surface area contributed by atoms with Gasteiger partial charge in [-0.05, 0) is 32.9 Å². The van der Waals surface area contributed by atoms with Gasteiger partial charge in [0.25, 0.3) is 0 Å². The van der Waals surface area contributed by atoms with Crippen molar-refractivity contribution in [1.29, 1.82) is 5.26 Å². The number of imidazole rings is 1. The van der Waals surface area contributed by atoms with Crippen molar-refractivity contribution in [3.8, 4) is 6.07 Å². The summed E-state index contributed by atoms with van der Waals surface area (Å²) in [6.07, 6.45) is 3.56. The molecule has 0 spiro atoms. The van der Waals surface area contributed by atoms with E-state index in [4.69, 9.17) is 5.26 Å². The Bertz CT molecular complexity index is 652. The number of halogens is 1. The quantitative estimate of drug-likeness (QED) is 0.928. The Morgan fingerprint density at radius 2 is 2.20 bits per heavy atom. The molecule has 5 heteroatoms. The second-order valence-corrected chi connectivity index (χ2v) is 4.98. The monoisotopic (exact) mass is 272 g/mol. The van der Waals surface area contributed by atoms with Crippen LogP contribution in [0.1, 0.15) is 36.7 Å². The lowest BCUT2D eigenvalue weighted by Crippen LogP contribution is -2.09. The maximum Gasteiger partial charge on any atom is 0.129 e. The van der Waals surface area contributed by atoms with E-state index in [1.807, 2.05) is 10.6 Å². The molecule has 0 fully saturated rings. The van der Waals surface area contributed by atoms with Crippen LogP contribution >= 0.6 is 0 Å². The van der Waals surface area contributed by atoms with E-state index in [1.54, 1.807) is 25.5 Å². The molecule has 0 saturated carbocycles. The van der Waals surface area contributed by atoms with Gasteiger partial charge in [0.2, 0.25) is 0 Å². The predicted molar refractivity (Wildman–Crippen MR) is 75.8 cm³/mol. The number of hydrogen-bond acceptors (Lipinski definition) is 3. The standard InChI is InChI=1S/C15H17FN4/c1-10(2)20-9-18-7-13(20)8-19-15-5-12(6-17)4-14(16)11(15)3/h4-5,7,9-10,19H,8H2,1-3H3. The van der Waals surface area contributed by atoms with E-state index >= 15 is 0 Å². The molecule has 0 bridgehead atoms. The molecule has 2 aromatic rings. The third-order valence-corrected chi connectivity index (χ3v) is 3.24. The van der Waals surface area contributed by atoms with Gasteiger partial charge < -0.3 is 9.88 Å². The van der Waals surface area contributed by atoms with E-state index in [0.717, 1.165) is 5.69 Å². The molecule has 104 valence electrons. The number of benzene rings is 1. The fourth-order valence-corrected chi connectivity index (χ4v) is 2.05. The molecule has 1 heterocycles. The van der Waals surface area contributed by atoms with Gasteiger partial charge in [-0.25, -0.2) is 9.37 Å². The molecule has 0 saturated heterocycles. The fourth-order valence-electron chi connectivity index (χ4n) is 2.05. The van der Waals surface area contributed by atoms with Crippen LogP contribution in [-0.4, -0.2) is 9.55 Å². The molecule has 0 aliphatic rings. The number of rotatable bonds is 4. The number of anilines is 1. The van der Waals surface area contributed by atoms with Crippen molar-refractivity contribution in [1.82, 2.24) is 9.55 Å². The van der Waals surface area contributed by atoms with Crippen LogP contribution in [0.5, 0.6) is 0 Å². The maximum absolute atomic E-state index is 13.7. The first-order valence-corrected chi connectivity index (χ1v) is 6.47. The Morgan fingerprint density at radius 1 is 1.45 bits per heavy atom. The van der Waals surface area contributed by atoms with E-state index in [-0.39, 0.29) is 5.82 Å². The van der Waals surface area contributed by atoms with Crippen LogP contribution in [0.15, 0.2) is 24.7 Å². The molecule has 0 atom stereocenters. The van der Waals surface area contributed by atoms with Gasteiger partial charge in [0.05, 0.1) is 30.2 Å². The third kappa shape index (κ3) is 2.80. The average Bonchev–Trinajstić information content (AvgIpc) is 2.88. The van der Waals surface area contributed by atoms with Gasteiger partial charge in [-0.1, -0.05) is 0 Å². The number of aromatic nitrogens is 2. The van der Waals surface area contributed by atoms with Crippen molar-refractivity contribution in [2.75, 3.05) is 5.32 Å². The van der Waals surface area contributed by atoms with Gasteiger partial charge in [0, 0.05) is 23.5 Å². The summed E-state index contributed by atoms with van der Waals surface area (Å²) in [7, 11) is 0. The zero-order chi connectivity index (χ0) is 14.7. The Morgan fingerprint density at radius 3 is 2.85 bits per heavy atom. The van der Waals surface area contributed by atoms with Crippen LogP contribution in [0, 0.1) is 24.1 Å². The SMILES string of the molecule is Cc1c(F)cc(C#N)cc1NCc1cncn1C(C)C. The summed E-state index contributed by atoms with van der Waals surface area (Å²) < 4.78 is 15.7. The van der Waals surface area contributed by atoms with Crippen LogP contribution in [0.2, 0.25) is 0 Å². The lowest BCUT2D eigenvalue weighted by atomic mass is 10.1. The number of nitrogens with zero attached hydrogens (tertiary/aromatic N) is 3. The minimum atomic E-state index is -0.371. The van der Waals surface area contributed by atoms with Gasteiger partial charge in [-0.15, -0.1) is 0 Å². The average molecular weight is 272 g/mol. The molecule has 20 heavy (non-hydrogen) atoms. The molecule has 0 amide bonds. The lowest BCUT2D eigenvalue weighted by Gasteiger charge is -2.14. The molecule has 2 rings (SSSR count). The molecular formula is C15H17FN4. The molecule has 0 radical (unpaired) electrons. The van der Waals surface area contributed by atoms with Crippen LogP contribution < -0.4 is 5.32 Å². The van der Waals surface area contributed by atoms with Gasteiger partial charge in [-0.2, -0.15) is 5.26 Å². The van der Waals surface area contributed by atoms with Gasteiger partial charge in [0.15, 0.2) is 0 Å². The maximum atomic E-state index is 13.7. The Kier molecular flexibility index (Phi) is 4.04. The van der Waals surface area contributed by atoms with Crippen LogP contribution in [0.25, 0.3) is 0 Å². The molecule has 0 aliphatic carbocycles. The minimum Gasteiger partial charge on any atom is -0.379 e. The molecule has 1 aromatic carbocycles. The second kappa shape index (κ2) is 5.74. The van der Waals surface area contributed by atoms with Crippen molar-refractivity contribution in [2.24, 2.45) is 0 Å². The normalized spacial score (nSPS) is 10.6. The summed E-state index contributed by atoms with van der Waals surface area (Å²) >= 11 is 0. The Labute approximate surface area is 117 Å². The van der Waals surface area contributed by atoms with Crippen molar-refractivity contribution in [3.05, 3.63) is 47.3 Å². The van der Waals surface area contributed by atoms with Gasteiger partial charge in [0.1, 0.15) is 5.82 Å². The van der Waals surface area contributed by atoms with Crippen molar-refractivity contribution < 1.29 is 4.39 Å². The highest BCUT2D eigenvalue weighted by molar-refractivity contribution is 5.55. The van der Waals surface area contributed by atoms with Crippen molar-refractivity contribution in [2.45, 2.75) is 33.4 Å².